The Morgan fingerprint density at radius 3 is 2.18 bits per heavy atom. The second-order valence-electron chi connectivity index (χ2n) is 9.52. The molecule has 0 N–H and O–H groups in total. The molecule has 1 aromatic heterocycles. The standard InChI is InChI=1S/C29H41NO3/c1-3-5-6-7-8-23-9-11-24(12-10-23)13-16-26-17-20-28(22-30-26)33-29(31)25-14-18-27(19-15-25)32-21-4-2/h14-15,17-20,22-24H,3-13,16,21H2,1-2H3. The van der Waals surface area contributed by atoms with Crippen molar-refractivity contribution < 1.29 is 14.3 Å². The average Bonchev–Trinajstić information content (AvgIpc) is 2.86. The lowest BCUT2D eigenvalue weighted by Gasteiger charge is -2.28. The zero-order valence-corrected chi connectivity index (χ0v) is 20.6. The van der Waals surface area contributed by atoms with Crippen molar-refractivity contribution >= 4 is 5.97 Å². The molecule has 0 spiro atoms. The van der Waals surface area contributed by atoms with Crippen molar-refractivity contribution in [2.45, 2.75) is 90.9 Å². The van der Waals surface area contributed by atoms with E-state index in [0.717, 1.165) is 36.1 Å². The highest BCUT2D eigenvalue weighted by Gasteiger charge is 2.20. The SMILES string of the molecule is CCCCCCC1CCC(CCc2ccc(OC(=O)c3ccc(OCCC)cc3)cn2)CC1. The molecule has 0 aliphatic heterocycles. The third-order valence-electron chi connectivity index (χ3n) is 6.81. The van der Waals surface area contributed by atoms with Crippen molar-refractivity contribution in [3.8, 4) is 11.5 Å². The Balaban J connectivity index is 1.37. The summed E-state index contributed by atoms with van der Waals surface area (Å²) in [5, 5.41) is 0. The molecule has 1 saturated carbocycles. The number of ether oxygens (including phenoxy) is 2. The molecule has 0 saturated heterocycles. The second kappa shape index (κ2) is 14.0. The van der Waals surface area contributed by atoms with Crippen molar-refractivity contribution in [3.05, 3.63) is 53.9 Å². The molecule has 180 valence electrons. The Bertz CT molecular complexity index is 808. The van der Waals surface area contributed by atoms with Gasteiger partial charge in [-0.3, -0.25) is 4.98 Å². The summed E-state index contributed by atoms with van der Waals surface area (Å²) < 4.78 is 11.0. The van der Waals surface area contributed by atoms with Crippen LogP contribution in [-0.4, -0.2) is 17.6 Å². The smallest absolute Gasteiger partial charge is 0.343 e. The molecule has 3 rings (SSSR count). The Hall–Kier alpha value is -2.36. The third kappa shape index (κ3) is 8.83. The summed E-state index contributed by atoms with van der Waals surface area (Å²) in [6, 6.07) is 10.9. The number of rotatable bonds is 13. The molecule has 0 bridgehead atoms. The van der Waals surface area contributed by atoms with E-state index in [-0.39, 0.29) is 5.97 Å². The van der Waals surface area contributed by atoms with Gasteiger partial charge in [0.1, 0.15) is 11.5 Å². The number of nitrogens with zero attached hydrogens (tertiary/aromatic N) is 1. The van der Waals surface area contributed by atoms with Crippen LogP contribution in [0.25, 0.3) is 0 Å². The van der Waals surface area contributed by atoms with Gasteiger partial charge in [-0.25, -0.2) is 4.79 Å². The lowest BCUT2D eigenvalue weighted by molar-refractivity contribution is 0.0734. The summed E-state index contributed by atoms with van der Waals surface area (Å²) in [4.78, 5) is 16.9. The van der Waals surface area contributed by atoms with Gasteiger partial charge >= 0.3 is 5.97 Å². The predicted molar refractivity (Wildman–Crippen MR) is 134 cm³/mol. The van der Waals surface area contributed by atoms with Crippen LogP contribution in [0, 0.1) is 11.8 Å². The average molecular weight is 452 g/mol. The fourth-order valence-corrected chi connectivity index (χ4v) is 4.71. The maximum atomic E-state index is 12.4. The van der Waals surface area contributed by atoms with E-state index in [4.69, 9.17) is 9.47 Å². The topological polar surface area (TPSA) is 48.4 Å². The molecule has 1 aromatic carbocycles. The second-order valence-corrected chi connectivity index (χ2v) is 9.52. The van der Waals surface area contributed by atoms with E-state index >= 15 is 0 Å². The van der Waals surface area contributed by atoms with E-state index in [1.165, 1.54) is 64.2 Å². The molecule has 1 heterocycles. The molecule has 1 aliphatic rings. The molecule has 1 fully saturated rings. The number of aromatic nitrogens is 1. The largest absolute Gasteiger partial charge is 0.494 e. The number of hydrogen-bond donors (Lipinski definition) is 0. The van der Waals surface area contributed by atoms with Gasteiger partial charge in [0, 0.05) is 5.69 Å². The minimum absolute atomic E-state index is 0.377. The van der Waals surface area contributed by atoms with Crippen LogP contribution in [-0.2, 0) is 6.42 Å². The van der Waals surface area contributed by atoms with E-state index in [1.807, 2.05) is 12.1 Å². The van der Waals surface area contributed by atoms with Crippen molar-refractivity contribution in [1.82, 2.24) is 4.98 Å². The molecule has 4 heteroatoms. The fourth-order valence-electron chi connectivity index (χ4n) is 4.71. The Morgan fingerprint density at radius 1 is 0.848 bits per heavy atom. The number of benzene rings is 1. The number of hydrogen-bond acceptors (Lipinski definition) is 4. The van der Waals surface area contributed by atoms with Crippen LogP contribution in [0.3, 0.4) is 0 Å². The number of unbranched alkanes of at least 4 members (excludes halogenated alkanes) is 3. The Kier molecular flexibility index (Phi) is 10.7. The van der Waals surface area contributed by atoms with Gasteiger partial charge in [-0.05, 0) is 67.5 Å². The fraction of sp³-hybridized carbons (Fsp3) is 0.586. The number of carbonyl (C=O) groups excluding carboxylic acids is 1. The first-order chi connectivity index (χ1) is 16.2. The lowest BCUT2D eigenvalue weighted by Crippen LogP contribution is -2.15. The van der Waals surface area contributed by atoms with Crippen LogP contribution in [0.1, 0.15) is 101 Å². The first-order valence-corrected chi connectivity index (χ1v) is 13.1. The van der Waals surface area contributed by atoms with Gasteiger partial charge in [0.2, 0.25) is 0 Å². The highest BCUT2D eigenvalue weighted by Crippen LogP contribution is 2.34. The zero-order valence-electron chi connectivity index (χ0n) is 20.6. The predicted octanol–water partition coefficient (Wildman–Crippen LogP) is 7.80. The number of aryl methyl sites for hydroxylation is 1. The van der Waals surface area contributed by atoms with Gasteiger partial charge in [0.05, 0.1) is 18.4 Å². The van der Waals surface area contributed by atoms with Crippen molar-refractivity contribution in [3.63, 3.8) is 0 Å². The zero-order chi connectivity index (χ0) is 23.3. The molecule has 0 amide bonds. The summed E-state index contributed by atoms with van der Waals surface area (Å²) in [5.74, 6) is 2.67. The normalized spacial score (nSPS) is 18.1. The quantitative estimate of drug-likeness (QED) is 0.230. The van der Waals surface area contributed by atoms with Gasteiger partial charge in [0.15, 0.2) is 0 Å². The maximum absolute atomic E-state index is 12.4. The van der Waals surface area contributed by atoms with Gasteiger partial charge in [-0.15, -0.1) is 0 Å². The minimum atomic E-state index is -0.377. The molecule has 1 aliphatic carbocycles. The highest BCUT2D eigenvalue weighted by atomic mass is 16.5. The molecule has 33 heavy (non-hydrogen) atoms. The molecule has 2 aromatic rings. The van der Waals surface area contributed by atoms with Crippen molar-refractivity contribution in [2.24, 2.45) is 11.8 Å². The summed E-state index contributed by atoms with van der Waals surface area (Å²) in [5.41, 5.74) is 1.58. The van der Waals surface area contributed by atoms with Gasteiger partial charge in [-0.1, -0.05) is 71.6 Å². The minimum Gasteiger partial charge on any atom is -0.494 e. The van der Waals surface area contributed by atoms with Crippen LogP contribution in [0.4, 0.5) is 0 Å². The number of carbonyl (C=O) groups is 1. The highest BCUT2D eigenvalue weighted by molar-refractivity contribution is 5.91. The van der Waals surface area contributed by atoms with E-state index in [9.17, 15) is 4.79 Å². The van der Waals surface area contributed by atoms with Crippen molar-refractivity contribution in [1.29, 1.82) is 0 Å². The van der Waals surface area contributed by atoms with E-state index in [1.54, 1.807) is 30.5 Å². The van der Waals surface area contributed by atoms with E-state index in [2.05, 4.69) is 18.8 Å². The summed E-state index contributed by atoms with van der Waals surface area (Å²) in [6.07, 6.45) is 17.4. The first kappa shape index (κ1) is 25.3. The van der Waals surface area contributed by atoms with Crippen LogP contribution >= 0.6 is 0 Å². The third-order valence-corrected chi connectivity index (χ3v) is 6.81. The maximum Gasteiger partial charge on any atom is 0.343 e. The summed E-state index contributed by atoms with van der Waals surface area (Å²) in [6.45, 7) is 5.01. The van der Waals surface area contributed by atoms with Crippen molar-refractivity contribution in [2.75, 3.05) is 6.61 Å². The van der Waals surface area contributed by atoms with Crippen LogP contribution < -0.4 is 9.47 Å². The monoisotopic (exact) mass is 451 g/mol. The lowest BCUT2D eigenvalue weighted by atomic mass is 9.78. The molecular formula is C29H41NO3. The molecule has 0 unspecified atom stereocenters. The van der Waals surface area contributed by atoms with E-state index < -0.39 is 0 Å². The molecule has 4 nitrogen and oxygen atoms in total. The number of pyridine rings is 1. The first-order valence-electron chi connectivity index (χ1n) is 13.1. The molecule has 0 radical (unpaired) electrons. The van der Waals surface area contributed by atoms with Gasteiger partial charge < -0.3 is 9.47 Å². The Labute approximate surface area is 200 Å². The summed E-state index contributed by atoms with van der Waals surface area (Å²) >= 11 is 0. The van der Waals surface area contributed by atoms with Gasteiger partial charge in [0.25, 0.3) is 0 Å². The van der Waals surface area contributed by atoms with Crippen LogP contribution in [0.2, 0.25) is 0 Å². The Morgan fingerprint density at radius 2 is 1.55 bits per heavy atom. The number of esters is 1. The molecular weight excluding hydrogens is 410 g/mol. The summed E-state index contributed by atoms with van der Waals surface area (Å²) in [7, 11) is 0. The van der Waals surface area contributed by atoms with E-state index in [0.29, 0.717) is 17.9 Å². The van der Waals surface area contributed by atoms with Crippen LogP contribution in [0.5, 0.6) is 11.5 Å². The van der Waals surface area contributed by atoms with Gasteiger partial charge in [-0.2, -0.15) is 0 Å². The van der Waals surface area contributed by atoms with Crippen LogP contribution in [0.15, 0.2) is 42.6 Å². The molecule has 0 atom stereocenters.